The third-order valence-corrected chi connectivity index (χ3v) is 1.79. The number of carboxylic acid groups (broad SMARTS) is 1. The number of carbonyl (C=O) groups is 1. The van der Waals surface area contributed by atoms with Gasteiger partial charge < -0.3 is 29.2 Å². The van der Waals surface area contributed by atoms with Crippen LogP contribution < -0.4 is 0 Å². The van der Waals surface area contributed by atoms with E-state index in [4.69, 9.17) is 29.2 Å². The van der Waals surface area contributed by atoms with E-state index >= 15 is 0 Å². The average Bonchev–Trinajstić information content (AvgIpc) is 2.81. The van der Waals surface area contributed by atoms with Gasteiger partial charge in [0.15, 0.2) is 0 Å². The number of aryl methyl sites for hydroxylation is 1. The molecule has 0 aliphatic carbocycles. The summed E-state index contributed by atoms with van der Waals surface area (Å²) in [6, 6.07) is 3.04. The van der Waals surface area contributed by atoms with Crippen LogP contribution in [-0.2, 0) is 9.47 Å². The van der Waals surface area contributed by atoms with Gasteiger partial charge >= 0.3 is 5.97 Å². The summed E-state index contributed by atoms with van der Waals surface area (Å²) in [5.74, 6) is -0.414. The topological polar surface area (TPSA) is 109 Å². The molecule has 0 aliphatic rings. The molecule has 0 amide bonds. The first-order valence-electron chi connectivity index (χ1n) is 5.78. The molecule has 0 aliphatic heterocycles. The lowest BCUT2D eigenvalue weighted by Crippen LogP contribution is -2.09. The highest BCUT2D eigenvalue weighted by atomic mass is 16.5. The smallest absolute Gasteiger partial charge is 0.371 e. The normalized spacial score (nSPS) is 9.84. The number of ether oxygens (including phenoxy) is 2. The fourth-order valence-electron chi connectivity index (χ4n) is 1.00. The molecule has 110 valence electrons. The summed E-state index contributed by atoms with van der Waals surface area (Å²) in [5.41, 5.74) is 0. The minimum absolute atomic E-state index is 0.00694. The van der Waals surface area contributed by atoms with Gasteiger partial charge in [0.25, 0.3) is 0 Å². The van der Waals surface area contributed by atoms with Crippen LogP contribution in [0.15, 0.2) is 16.5 Å². The highest BCUT2D eigenvalue weighted by Crippen LogP contribution is 2.04. The molecule has 0 fully saturated rings. The predicted molar refractivity (Wildman–Crippen MR) is 66.2 cm³/mol. The molecule has 0 bridgehead atoms. The van der Waals surface area contributed by atoms with E-state index in [-0.39, 0.29) is 19.0 Å². The quantitative estimate of drug-likeness (QED) is 0.585. The molecule has 1 rings (SSSR count). The van der Waals surface area contributed by atoms with E-state index in [0.717, 1.165) is 0 Å². The number of rotatable bonds is 8. The summed E-state index contributed by atoms with van der Waals surface area (Å²) in [4.78, 5) is 10.1. The number of aliphatic hydroxyl groups is 2. The lowest BCUT2D eigenvalue weighted by Gasteiger charge is -2.01. The SMILES string of the molecule is Cc1ccc(C(=O)O)o1.OCCOCCOCCO. The fraction of sp³-hybridized carbons (Fsp3) is 0.583. The van der Waals surface area contributed by atoms with E-state index in [1.54, 1.807) is 13.0 Å². The van der Waals surface area contributed by atoms with Gasteiger partial charge in [-0.2, -0.15) is 0 Å². The van der Waals surface area contributed by atoms with Gasteiger partial charge in [-0.05, 0) is 19.1 Å². The number of aromatic carboxylic acids is 1. The van der Waals surface area contributed by atoms with Gasteiger partial charge in [0, 0.05) is 0 Å². The molecule has 0 aromatic carbocycles. The molecule has 0 radical (unpaired) electrons. The van der Waals surface area contributed by atoms with Gasteiger partial charge in [0.2, 0.25) is 5.76 Å². The minimum Gasteiger partial charge on any atom is -0.475 e. The Morgan fingerprint density at radius 3 is 1.89 bits per heavy atom. The molecule has 0 spiro atoms. The van der Waals surface area contributed by atoms with Gasteiger partial charge in [0.1, 0.15) is 5.76 Å². The lowest BCUT2D eigenvalue weighted by atomic mass is 10.4. The molecule has 1 heterocycles. The molecule has 7 heteroatoms. The van der Waals surface area contributed by atoms with Crippen molar-refractivity contribution in [3.05, 3.63) is 23.7 Å². The molecule has 0 atom stereocenters. The van der Waals surface area contributed by atoms with Gasteiger partial charge in [-0.1, -0.05) is 0 Å². The molecule has 19 heavy (non-hydrogen) atoms. The molecule has 7 nitrogen and oxygen atoms in total. The second-order valence-corrected chi connectivity index (χ2v) is 3.39. The van der Waals surface area contributed by atoms with Crippen LogP contribution in [0.2, 0.25) is 0 Å². The van der Waals surface area contributed by atoms with E-state index in [2.05, 4.69) is 0 Å². The first-order chi connectivity index (χ1) is 9.11. The Balaban J connectivity index is 0.000000342. The first kappa shape index (κ1) is 17.6. The van der Waals surface area contributed by atoms with Gasteiger partial charge in [0.05, 0.1) is 39.6 Å². The van der Waals surface area contributed by atoms with Crippen molar-refractivity contribution >= 4 is 5.97 Å². The zero-order valence-electron chi connectivity index (χ0n) is 10.9. The Kier molecular flexibility index (Phi) is 10.8. The summed E-state index contributed by atoms with van der Waals surface area (Å²) in [6.45, 7) is 3.43. The highest BCUT2D eigenvalue weighted by Gasteiger charge is 2.04. The van der Waals surface area contributed by atoms with Gasteiger partial charge in [-0.25, -0.2) is 4.79 Å². The molecular weight excluding hydrogens is 256 g/mol. The molecular formula is C12H20O7. The molecule has 1 aromatic rings. The van der Waals surface area contributed by atoms with Crippen LogP contribution in [0.3, 0.4) is 0 Å². The standard InChI is InChI=1S/C6H14O4.C6H6O3/c7-1-3-9-5-6-10-4-2-8;1-4-2-3-5(9-4)6(7)8/h7-8H,1-6H2;2-3H,1H3,(H,7,8). The summed E-state index contributed by atoms with van der Waals surface area (Å²) in [5, 5.41) is 24.8. The molecule has 3 N–H and O–H groups in total. The maximum Gasteiger partial charge on any atom is 0.371 e. The number of aliphatic hydroxyl groups excluding tert-OH is 2. The van der Waals surface area contributed by atoms with Crippen molar-refractivity contribution in [2.75, 3.05) is 39.6 Å². The van der Waals surface area contributed by atoms with E-state index in [9.17, 15) is 4.79 Å². The highest BCUT2D eigenvalue weighted by molar-refractivity contribution is 5.84. The second-order valence-electron chi connectivity index (χ2n) is 3.39. The Morgan fingerprint density at radius 1 is 1.11 bits per heavy atom. The minimum atomic E-state index is -1.02. The Morgan fingerprint density at radius 2 is 1.63 bits per heavy atom. The molecule has 0 unspecified atom stereocenters. The number of hydrogen-bond acceptors (Lipinski definition) is 6. The van der Waals surface area contributed by atoms with Gasteiger partial charge in [-0.3, -0.25) is 0 Å². The third-order valence-electron chi connectivity index (χ3n) is 1.79. The summed E-state index contributed by atoms with van der Waals surface area (Å²) >= 11 is 0. The van der Waals surface area contributed by atoms with Crippen molar-refractivity contribution in [3.8, 4) is 0 Å². The van der Waals surface area contributed by atoms with Crippen molar-refractivity contribution in [2.45, 2.75) is 6.92 Å². The Bertz CT molecular complexity index is 327. The first-order valence-corrected chi connectivity index (χ1v) is 5.78. The van der Waals surface area contributed by atoms with Gasteiger partial charge in [-0.15, -0.1) is 0 Å². The average molecular weight is 276 g/mol. The lowest BCUT2D eigenvalue weighted by molar-refractivity contribution is 0.0222. The van der Waals surface area contributed by atoms with Crippen LogP contribution in [0.25, 0.3) is 0 Å². The van der Waals surface area contributed by atoms with Crippen molar-refractivity contribution in [1.82, 2.24) is 0 Å². The largest absolute Gasteiger partial charge is 0.475 e. The molecule has 0 saturated heterocycles. The van der Waals surface area contributed by atoms with E-state index in [1.165, 1.54) is 6.07 Å². The maximum absolute atomic E-state index is 10.1. The Hall–Kier alpha value is -1.41. The van der Waals surface area contributed by atoms with Crippen LogP contribution >= 0.6 is 0 Å². The van der Waals surface area contributed by atoms with Crippen molar-refractivity contribution in [1.29, 1.82) is 0 Å². The predicted octanol–water partition coefficient (Wildman–Crippen LogP) is 0.290. The number of carboxylic acids is 1. The summed E-state index contributed by atoms with van der Waals surface area (Å²) in [6.07, 6.45) is 0. The van der Waals surface area contributed by atoms with E-state index < -0.39 is 5.97 Å². The van der Waals surface area contributed by atoms with E-state index in [0.29, 0.717) is 32.2 Å². The second kappa shape index (κ2) is 11.7. The van der Waals surface area contributed by atoms with Crippen LogP contribution in [-0.4, -0.2) is 60.9 Å². The number of furan rings is 1. The zero-order valence-corrected chi connectivity index (χ0v) is 10.9. The van der Waals surface area contributed by atoms with Crippen LogP contribution in [0, 0.1) is 6.92 Å². The van der Waals surface area contributed by atoms with E-state index in [1.807, 2.05) is 0 Å². The van der Waals surface area contributed by atoms with Crippen LogP contribution in [0.4, 0.5) is 0 Å². The fourth-order valence-corrected chi connectivity index (χ4v) is 1.00. The Labute approximate surface area is 111 Å². The van der Waals surface area contributed by atoms with Crippen molar-refractivity contribution < 1.29 is 34.0 Å². The maximum atomic E-state index is 10.1. The van der Waals surface area contributed by atoms with Crippen LogP contribution in [0.1, 0.15) is 16.3 Å². The van der Waals surface area contributed by atoms with Crippen molar-refractivity contribution in [2.24, 2.45) is 0 Å². The zero-order chi connectivity index (χ0) is 14.5. The number of hydrogen-bond donors (Lipinski definition) is 3. The summed E-state index contributed by atoms with van der Waals surface area (Å²) < 4.78 is 14.5. The van der Waals surface area contributed by atoms with Crippen LogP contribution in [0.5, 0.6) is 0 Å². The molecule has 1 aromatic heterocycles. The molecule has 0 saturated carbocycles. The third kappa shape index (κ3) is 10.2. The monoisotopic (exact) mass is 276 g/mol. The van der Waals surface area contributed by atoms with Crippen molar-refractivity contribution in [3.63, 3.8) is 0 Å². The summed E-state index contributed by atoms with van der Waals surface area (Å²) in [7, 11) is 0.